The van der Waals surface area contributed by atoms with E-state index in [2.05, 4.69) is 53.7 Å². The average molecular weight is 646 g/mol. The lowest BCUT2D eigenvalue weighted by atomic mass is 9.92. The number of pyridine rings is 1. The fourth-order valence-corrected chi connectivity index (χ4v) is 5.80. The number of fused-ring (bicyclic) bond motifs is 1. The molecular weight excluding hydrogens is 602 g/mol. The van der Waals surface area contributed by atoms with Crippen molar-refractivity contribution in [3.63, 3.8) is 0 Å². The number of hydrogen-bond donors (Lipinski definition) is 3. The summed E-state index contributed by atoms with van der Waals surface area (Å²) in [6.07, 6.45) is 3.74. The summed E-state index contributed by atoms with van der Waals surface area (Å²) in [5, 5.41) is 15.7. The molecule has 0 unspecified atom stereocenters. The van der Waals surface area contributed by atoms with Crippen molar-refractivity contribution in [3.8, 4) is 17.2 Å². The van der Waals surface area contributed by atoms with E-state index in [-0.39, 0.29) is 29.8 Å². The number of benzene rings is 3. The molecule has 1 saturated heterocycles. The Kier molecular flexibility index (Phi) is 9.45. The zero-order valence-electron chi connectivity index (χ0n) is 28.2. The van der Waals surface area contributed by atoms with Crippen LogP contribution >= 0.6 is 0 Å². The molecule has 0 aliphatic carbocycles. The molecule has 0 radical (unpaired) electrons. The lowest BCUT2D eigenvalue weighted by Crippen LogP contribution is -2.43. The number of piperidine rings is 1. The number of carbonyl (C=O) groups is 2. The van der Waals surface area contributed by atoms with Gasteiger partial charge in [0.15, 0.2) is 0 Å². The van der Waals surface area contributed by atoms with E-state index in [1.54, 1.807) is 23.0 Å². The normalized spacial score (nSPS) is 14.1. The van der Waals surface area contributed by atoms with E-state index in [9.17, 15) is 9.59 Å². The van der Waals surface area contributed by atoms with E-state index < -0.39 is 0 Å². The van der Waals surface area contributed by atoms with Crippen molar-refractivity contribution in [2.24, 2.45) is 0 Å². The van der Waals surface area contributed by atoms with Crippen molar-refractivity contribution < 1.29 is 14.3 Å². The Balaban J connectivity index is 1.17. The molecule has 248 valence electrons. The first-order valence-electron chi connectivity index (χ1n) is 16.4. The zero-order chi connectivity index (χ0) is 33.8. The topological polar surface area (TPSA) is 113 Å². The Labute approximate surface area is 281 Å². The monoisotopic (exact) mass is 645 g/mol. The standard InChI is InChI=1S/C38H43N7O3/c1-25-10-12-28(13-11-25)45-35(24-34(43-45)38(2,3)4)42-37(47)41-32-14-15-33(31-9-7-6-8-30(31)32)48-29-16-19-39-27(22-29)23-36(46)40-26-17-20-44(5)21-18-26/h6-16,19,22,24,26H,17-18,20-21,23H2,1-5H3,(H,40,46)(H2,41,42,47). The van der Waals surface area contributed by atoms with Crippen LogP contribution in [0.1, 0.15) is 50.6 Å². The molecule has 2 aromatic heterocycles. The minimum atomic E-state index is -0.389. The zero-order valence-corrected chi connectivity index (χ0v) is 28.2. The fraction of sp³-hybridized carbons (Fsp3) is 0.316. The van der Waals surface area contributed by atoms with E-state index in [1.165, 1.54) is 0 Å². The maximum absolute atomic E-state index is 13.4. The molecule has 1 fully saturated rings. The summed E-state index contributed by atoms with van der Waals surface area (Å²) in [6, 6.07) is 24.7. The summed E-state index contributed by atoms with van der Waals surface area (Å²) in [7, 11) is 2.10. The van der Waals surface area contributed by atoms with E-state index >= 15 is 0 Å². The van der Waals surface area contributed by atoms with Gasteiger partial charge in [-0.25, -0.2) is 9.48 Å². The van der Waals surface area contributed by atoms with E-state index in [1.807, 2.05) is 73.7 Å². The summed E-state index contributed by atoms with van der Waals surface area (Å²) in [6.45, 7) is 10.3. The number of aromatic nitrogens is 3. The molecule has 0 bridgehead atoms. The Morgan fingerprint density at radius 1 is 0.917 bits per heavy atom. The average Bonchev–Trinajstić information content (AvgIpc) is 3.48. The summed E-state index contributed by atoms with van der Waals surface area (Å²) in [5.41, 5.74) is 3.93. The lowest BCUT2D eigenvalue weighted by molar-refractivity contribution is -0.121. The van der Waals surface area contributed by atoms with Gasteiger partial charge >= 0.3 is 6.03 Å². The first kappa shape index (κ1) is 32.7. The highest BCUT2D eigenvalue weighted by atomic mass is 16.5. The van der Waals surface area contributed by atoms with Crippen LogP contribution in [0.25, 0.3) is 16.5 Å². The lowest BCUT2D eigenvalue weighted by Gasteiger charge is -2.29. The highest BCUT2D eigenvalue weighted by Crippen LogP contribution is 2.35. The van der Waals surface area contributed by atoms with Crippen LogP contribution in [0.5, 0.6) is 11.5 Å². The van der Waals surface area contributed by atoms with Gasteiger partial charge in [0.05, 0.1) is 29.2 Å². The molecule has 0 spiro atoms. The number of nitrogens with one attached hydrogen (secondary N) is 3. The number of aryl methyl sites for hydroxylation is 1. The van der Waals surface area contributed by atoms with E-state index in [0.717, 1.165) is 53.6 Å². The predicted octanol–water partition coefficient (Wildman–Crippen LogP) is 7.22. The Morgan fingerprint density at radius 2 is 1.65 bits per heavy atom. The smallest absolute Gasteiger partial charge is 0.324 e. The maximum Gasteiger partial charge on any atom is 0.324 e. The number of rotatable bonds is 8. The third kappa shape index (κ3) is 7.83. The van der Waals surface area contributed by atoms with Gasteiger partial charge in [0.2, 0.25) is 5.91 Å². The minimum absolute atomic E-state index is 0.0371. The third-order valence-corrected chi connectivity index (χ3v) is 8.57. The highest BCUT2D eigenvalue weighted by Gasteiger charge is 2.22. The van der Waals surface area contributed by atoms with Crippen LogP contribution in [-0.2, 0) is 16.6 Å². The first-order chi connectivity index (χ1) is 23.0. The number of amides is 3. The number of nitrogens with zero attached hydrogens (tertiary/aromatic N) is 4. The molecular formula is C38H43N7O3. The Hall–Kier alpha value is -5.22. The van der Waals surface area contributed by atoms with Crippen LogP contribution in [-0.4, -0.2) is 57.8 Å². The SMILES string of the molecule is Cc1ccc(-n2nc(C(C)(C)C)cc2NC(=O)Nc2ccc(Oc3ccnc(CC(=O)NC4CCN(C)CC4)c3)c3ccccc23)cc1. The largest absolute Gasteiger partial charge is 0.457 e. The first-order valence-corrected chi connectivity index (χ1v) is 16.4. The molecule has 1 aliphatic heterocycles. The molecule has 48 heavy (non-hydrogen) atoms. The molecule has 0 atom stereocenters. The number of hydrogen-bond acceptors (Lipinski definition) is 6. The second kappa shape index (κ2) is 13.9. The van der Waals surface area contributed by atoms with Gasteiger partial charge in [0.25, 0.3) is 0 Å². The predicted molar refractivity (Wildman–Crippen MR) is 190 cm³/mol. The summed E-state index contributed by atoms with van der Waals surface area (Å²) < 4.78 is 8.08. The van der Waals surface area contributed by atoms with Crippen LogP contribution in [0.3, 0.4) is 0 Å². The van der Waals surface area contributed by atoms with Gasteiger partial charge in [0.1, 0.15) is 17.3 Å². The van der Waals surface area contributed by atoms with E-state index in [4.69, 9.17) is 9.84 Å². The quantitative estimate of drug-likeness (QED) is 0.164. The number of likely N-dealkylation sites (tertiary alicyclic amines) is 1. The molecule has 10 heteroatoms. The Bertz CT molecular complexity index is 1920. The third-order valence-electron chi connectivity index (χ3n) is 8.57. The molecule has 6 rings (SSSR count). The van der Waals surface area contributed by atoms with Gasteiger partial charge in [-0.1, -0.05) is 62.7 Å². The van der Waals surface area contributed by atoms with Gasteiger partial charge in [0, 0.05) is 40.6 Å². The van der Waals surface area contributed by atoms with Gasteiger partial charge < -0.3 is 20.3 Å². The molecule has 3 amide bonds. The second-order valence-corrected chi connectivity index (χ2v) is 13.6. The van der Waals surface area contributed by atoms with Crippen LogP contribution in [0.2, 0.25) is 0 Å². The van der Waals surface area contributed by atoms with Gasteiger partial charge in [-0.3, -0.25) is 15.1 Å². The van der Waals surface area contributed by atoms with Crippen LogP contribution < -0.4 is 20.7 Å². The number of anilines is 2. The van der Waals surface area contributed by atoms with Crippen LogP contribution in [0.4, 0.5) is 16.3 Å². The summed E-state index contributed by atoms with van der Waals surface area (Å²) in [5.74, 6) is 1.73. The summed E-state index contributed by atoms with van der Waals surface area (Å²) >= 11 is 0. The minimum Gasteiger partial charge on any atom is -0.457 e. The maximum atomic E-state index is 13.4. The number of carbonyl (C=O) groups excluding carboxylic acids is 2. The van der Waals surface area contributed by atoms with Crippen molar-refractivity contribution in [3.05, 3.63) is 102 Å². The van der Waals surface area contributed by atoms with Gasteiger partial charge in [-0.2, -0.15) is 5.10 Å². The van der Waals surface area contributed by atoms with E-state index in [0.29, 0.717) is 28.7 Å². The fourth-order valence-electron chi connectivity index (χ4n) is 5.80. The number of urea groups is 1. The highest BCUT2D eigenvalue weighted by molar-refractivity contribution is 6.07. The van der Waals surface area contributed by atoms with Crippen molar-refractivity contribution in [1.29, 1.82) is 0 Å². The molecule has 3 heterocycles. The molecule has 1 aliphatic rings. The van der Waals surface area contributed by atoms with Crippen molar-refractivity contribution in [1.82, 2.24) is 25.0 Å². The molecule has 10 nitrogen and oxygen atoms in total. The van der Waals surface area contributed by atoms with Gasteiger partial charge in [-0.15, -0.1) is 0 Å². The second-order valence-electron chi connectivity index (χ2n) is 13.6. The molecule has 3 aromatic carbocycles. The van der Waals surface area contributed by atoms with Crippen molar-refractivity contribution in [2.75, 3.05) is 30.8 Å². The Morgan fingerprint density at radius 3 is 2.38 bits per heavy atom. The summed E-state index contributed by atoms with van der Waals surface area (Å²) in [4.78, 5) is 32.9. The van der Waals surface area contributed by atoms with Crippen molar-refractivity contribution >= 4 is 34.2 Å². The van der Waals surface area contributed by atoms with Crippen LogP contribution in [0, 0.1) is 6.92 Å². The molecule has 3 N–H and O–H groups in total. The van der Waals surface area contributed by atoms with Gasteiger partial charge in [-0.05, 0) is 70.2 Å². The molecule has 5 aromatic rings. The molecule has 0 saturated carbocycles. The van der Waals surface area contributed by atoms with Crippen LogP contribution in [0.15, 0.2) is 85.1 Å². The van der Waals surface area contributed by atoms with Crippen molar-refractivity contribution in [2.45, 2.75) is 58.4 Å². The number of ether oxygens (including phenoxy) is 1.